The largest absolute Gasteiger partial charge is 0.351 e. The summed E-state index contributed by atoms with van der Waals surface area (Å²) < 4.78 is 2.72. The van der Waals surface area contributed by atoms with Crippen LogP contribution in [0.2, 0.25) is 0 Å². The summed E-state index contributed by atoms with van der Waals surface area (Å²) in [6, 6.07) is 0.107. The van der Waals surface area contributed by atoms with Crippen LogP contribution in [-0.4, -0.2) is 21.7 Å². The molecule has 4 aliphatic rings. The highest BCUT2D eigenvalue weighted by Gasteiger charge is 2.54. The average Bonchev–Trinajstić information content (AvgIpc) is 2.98. The Balaban J connectivity index is 1.51. The number of nitrogens with zero attached hydrogens (tertiary/aromatic N) is 2. The number of amides is 1. The van der Waals surface area contributed by atoms with Gasteiger partial charge in [-0.2, -0.15) is 5.10 Å². The third-order valence-corrected chi connectivity index (χ3v) is 7.54. The van der Waals surface area contributed by atoms with E-state index in [1.165, 1.54) is 38.5 Å². The minimum atomic E-state index is -0.214. The summed E-state index contributed by atoms with van der Waals surface area (Å²) in [5, 5.41) is 7.81. The second-order valence-corrected chi connectivity index (χ2v) is 9.73. The lowest BCUT2D eigenvalue weighted by molar-refractivity contribution is -0.130. The quantitative estimate of drug-likeness (QED) is 0.741. The van der Waals surface area contributed by atoms with Crippen molar-refractivity contribution in [3.05, 3.63) is 16.9 Å². The summed E-state index contributed by atoms with van der Waals surface area (Å²) in [5.74, 6) is 2.89. The van der Waals surface area contributed by atoms with Gasteiger partial charge in [-0.1, -0.05) is 13.8 Å². The van der Waals surface area contributed by atoms with Crippen LogP contribution in [0, 0.1) is 23.2 Å². The van der Waals surface area contributed by atoms with Crippen LogP contribution in [0.3, 0.4) is 0 Å². The highest BCUT2D eigenvalue weighted by Crippen LogP contribution is 2.61. The zero-order valence-corrected chi connectivity index (χ0v) is 17.0. The van der Waals surface area contributed by atoms with Gasteiger partial charge in [-0.3, -0.25) is 9.48 Å². The van der Waals surface area contributed by atoms with Gasteiger partial charge in [-0.15, -0.1) is 0 Å². The van der Waals surface area contributed by atoms with Crippen LogP contribution in [0.4, 0.5) is 0 Å². The molecule has 4 fully saturated rings. The van der Waals surface area contributed by atoms with Crippen molar-refractivity contribution in [2.75, 3.05) is 0 Å². The van der Waals surface area contributed by atoms with E-state index in [9.17, 15) is 4.79 Å². The first-order chi connectivity index (χ1) is 12.0. The van der Waals surface area contributed by atoms with Crippen molar-refractivity contribution >= 4 is 21.8 Å². The van der Waals surface area contributed by atoms with Gasteiger partial charge in [-0.05, 0) is 90.5 Å². The van der Waals surface area contributed by atoms with E-state index in [1.54, 1.807) is 10.9 Å². The molecule has 1 N–H and O–H groups in total. The van der Waals surface area contributed by atoms with Crippen LogP contribution < -0.4 is 5.32 Å². The van der Waals surface area contributed by atoms with E-state index >= 15 is 0 Å². The Hall–Kier alpha value is -0.840. The molecule has 1 amide bonds. The van der Waals surface area contributed by atoms with Crippen molar-refractivity contribution in [3.8, 4) is 0 Å². The van der Waals surface area contributed by atoms with Gasteiger partial charge in [0.05, 0.1) is 10.7 Å². The molecular weight excluding hydrogens is 378 g/mol. The number of carbonyl (C=O) groups is 1. The lowest BCUT2D eigenvalue weighted by Gasteiger charge is -2.59. The molecule has 1 aromatic rings. The fourth-order valence-electron chi connectivity index (χ4n) is 6.54. The summed E-state index contributed by atoms with van der Waals surface area (Å²) in [7, 11) is 0. The molecule has 1 heterocycles. The van der Waals surface area contributed by atoms with E-state index < -0.39 is 0 Å². The second-order valence-electron chi connectivity index (χ2n) is 8.81. The van der Waals surface area contributed by atoms with Crippen molar-refractivity contribution in [3.63, 3.8) is 0 Å². The molecule has 2 atom stereocenters. The molecule has 2 unspecified atom stereocenters. The van der Waals surface area contributed by atoms with Crippen molar-refractivity contribution in [1.82, 2.24) is 15.1 Å². The summed E-state index contributed by atoms with van der Waals surface area (Å²) >= 11 is 3.44. The monoisotopic (exact) mass is 407 g/mol. The van der Waals surface area contributed by atoms with Crippen LogP contribution in [0.25, 0.3) is 0 Å². The summed E-state index contributed by atoms with van der Waals surface area (Å²) in [6.07, 6.45) is 13.8. The second kappa shape index (κ2) is 6.71. The van der Waals surface area contributed by atoms with Gasteiger partial charge < -0.3 is 5.32 Å². The first-order valence-electron chi connectivity index (χ1n) is 10.0. The molecule has 4 saturated carbocycles. The van der Waals surface area contributed by atoms with Crippen LogP contribution >= 0.6 is 15.9 Å². The molecule has 4 bridgehead atoms. The molecule has 5 rings (SSSR count). The standard InChI is InChI=1S/C20H30BrN3O/c1-3-17(24-12-16(21)11-22-24)19(25)23-18(4-2)20-8-13-5-14(9-20)7-15(6-13)10-20/h11-15,17-18H,3-10H2,1-2H3,(H,23,25). The van der Waals surface area contributed by atoms with Gasteiger partial charge >= 0.3 is 0 Å². The Morgan fingerprint density at radius 1 is 1.24 bits per heavy atom. The summed E-state index contributed by atoms with van der Waals surface area (Å²) in [6.45, 7) is 4.31. The molecule has 0 saturated heterocycles. The number of hydrogen-bond donors (Lipinski definition) is 1. The maximum Gasteiger partial charge on any atom is 0.245 e. The Bertz CT molecular complexity index is 605. The highest BCUT2D eigenvalue weighted by atomic mass is 79.9. The topological polar surface area (TPSA) is 46.9 Å². The Labute approximate surface area is 159 Å². The summed E-state index contributed by atoms with van der Waals surface area (Å²) in [4.78, 5) is 13.1. The fourth-order valence-corrected chi connectivity index (χ4v) is 6.84. The highest BCUT2D eigenvalue weighted by molar-refractivity contribution is 9.10. The third kappa shape index (κ3) is 3.17. The molecule has 0 aliphatic heterocycles. The van der Waals surface area contributed by atoms with E-state index in [4.69, 9.17) is 0 Å². The molecule has 1 aromatic heterocycles. The molecule has 25 heavy (non-hydrogen) atoms. The molecule has 4 aliphatic carbocycles. The number of nitrogens with one attached hydrogen (secondary N) is 1. The Morgan fingerprint density at radius 2 is 1.84 bits per heavy atom. The van der Waals surface area contributed by atoms with E-state index in [2.05, 4.69) is 40.2 Å². The van der Waals surface area contributed by atoms with Gasteiger partial charge in [0.25, 0.3) is 0 Å². The van der Waals surface area contributed by atoms with Gasteiger partial charge in [0.2, 0.25) is 5.91 Å². The average molecular weight is 408 g/mol. The molecular formula is C20H30BrN3O. The minimum Gasteiger partial charge on any atom is -0.351 e. The van der Waals surface area contributed by atoms with Gasteiger partial charge in [-0.25, -0.2) is 0 Å². The number of rotatable bonds is 6. The SMILES string of the molecule is CCC(C(=O)NC(CC)C12CC3CC(CC(C3)C1)C2)n1cc(Br)cn1. The van der Waals surface area contributed by atoms with E-state index in [-0.39, 0.29) is 11.9 Å². The van der Waals surface area contributed by atoms with Gasteiger partial charge in [0.1, 0.15) is 6.04 Å². The predicted molar refractivity (Wildman–Crippen MR) is 102 cm³/mol. The zero-order valence-electron chi connectivity index (χ0n) is 15.4. The first kappa shape index (κ1) is 17.6. The fraction of sp³-hybridized carbons (Fsp3) is 0.800. The van der Waals surface area contributed by atoms with Crippen LogP contribution in [0.5, 0.6) is 0 Å². The molecule has 0 aromatic carbocycles. The first-order valence-corrected chi connectivity index (χ1v) is 10.8. The normalized spacial score (nSPS) is 35.6. The number of aromatic nitrogens is 2. The predicted octanol–water partition coefficient (Wildman–Crippen LogP) is 4.71. The molecule has 138 valence electrons. The van der Waals surface area contributed by atoms with Crippen LogP contribution in [0.1, 0.15) is 71.3 Å². The minimum absolute atomic E-state index is 0.140. The molecule has 0 spiro atoms. The van der Waals surface area contributed by atoms with Gasteiger partial charge in [0.15, 0.2) is 0 Å². The van der Waals surface area contributed by atoms with Crippen molar-refractivity contribution < 1.29 is 4.79 Å². The smallest absolute Gasteiger partial charge is 0.245 e. The zero-order chi connectivity index (χ0) is 17.6. The maximum atomic E-state index is 13.1. The molecule has 4 nitrogen and oxygen atoms in total. The van der Waals surface area contributed by atoms with Crippen molar-refractivity contribution in [2.24, 2.45) is 23.2 Å². The lowest BCUT2D eigenvalue weighted by Crippen LogP contribution is -2.57. The number of halogens is 1. The maximum absolute atomic E-state index is 13.1. The van der Waals surface area contributed by atoms with Crippen LogP contribution in [-0.2, 0) is 4.79 Å². The van der Waals surface area contributed by atoms with Gasteiger partial charge in [0, 0.05) is 12.2 Å². The third-order valence-electron chi connectivity index (χ3n) is 7.13. The van der Waals surface area contributed by atoms with Crippen molar-refractivity contribution in [2.45, 2.75) is 77.3 Å². The molecule has 5 heteroatoms. The lowest BCUT2D eigenvalue weighted by atomic mass is 9.47. The number of carbonyl (C=O) groups excluding carboxylic acids is 1. The number of hydrogen-bond acceptors (Lipinski definition) is 2. The van der Waals surface area contributed by atoms with E-state index in [1.807, 2.05) is 6.20 Å². The van der Waals surface area contributed by atoms with Crippen LogP contribution in [0.15, 0.2) is 16.9 Å². The van der Waals surface area contributed by atoms with E-state index in [0.717, 1.165) is 35.1 Å². The Morgan fingerprint density at radius 3 is 2.28 bits per heavy atom. The Kier molecular flexibility index (Phi) is 4.72. The van der Waals surface area contributed by atoms with E-state index in [0.29, 0.717) is 11.5 Å². The van der Waals surface area contributed by atoms with Crippen molar-refractivity contribution in [1.29, 1.82) is 0 Å². The molecule has 0 radical (unpaired) electrons. The summed E-state index contributed by atoms with van der Waals surface area (Å²) in [5.41, 5.74) is 0.363.